The van der Waals surface area contributed by atoms with E-state index in [4.69, 9.17) is 14.2 Å². The average Bonchev–Trinajstić information content (AvgIpc) is 3.17. The number of hydrogen-bond donors (Lipinski definition) is 1. The van der Waals surface area contributed by atoms with Gasteiger partial charge in [-0.1, -0.05) is 12.1 Å². The number of carbonyl (C=O) groups excluding carboxylic acids is 2. The lowest BCUT2D eigenvalue weighted by Crippen LogP contribution is -2.31. The quantitative estimate of drug-likeness (QED) is 0.668. The third-order valence-corrected chi connectivity index (χ3v) is 4.68. The number of imidazole rings is 1. The van der Waals surface area contributed by atoms with E-state index >= 15 is 0 Å². The van der Waals surface area contributed by atoms with Gasteiger partial charge in [0.15, 0.2) is 23.8 Å². The molecule has 0 spiro atoms. The van der Waals surface area contributed by atoms with Crippen LogP contribution in [-0.2, 0) is 9.53 Å². The van der Waals surface area contributed by atoms with E-state index in [1.54, 1.807) is 16.7 Å². The Labute approximate surface area is 167 Å². The third kappa shape index (κ3) is 4.01. The maximum absolute atomic E-state index is 12.2. The van der Waals surface area contributed by atoms with Crippen LogP contribution in [0.1, 0.15) is 34.7 Å². The molecule has 0 saturated heterocycles. The van der Waals surface area contributed by atoms with Crippen molar-refractivity contribution in [2.75, 3.05) is 19.8 Å². The zero-order valence-electron chi connectivity index (χ0n) is 16.2. The van der Waals surface area contributed by atoms with E-state index in [0.29, 0.717) is 30.4 Å². The van der Waals surface area contributed by atoms with E-state index in [1.807, 2.05) is 44.2 Å². The second kappa shape index (κ2) is 7.83. The van der Waals surface area contributed by atoms with E-state index in [-0.39, 0.29) is 18.3 Å². The van der Waals surface area contributed by atoms with Gasteiger partial charge in [0, 0.05) is 11.9 Å². The van der Waals surface area contributed by atoms with Gasteiger partial charge in [0.25, 0.3) is 5.91 Å². The van der Waals surface area contributed by atoms with Crippen LogP contribution in [0.3, 0.4) is 0 Å². The predicted molar refractivity (Wildman–Crippen MR) is 104 cm³/mol. The lowest BCUT2D eigenvalue weighted by atomic mass is 10.1. The van der Waals surface area contributed by atoms with Crippen LogP contribution < -0.4 is 14.8 Å². The highest BCUT2D eigenvalue weighted by Crippen LogP contribution is 2.32. The second-order valence-corrected chi connectivity index (χ2v) is 6.79. The van der Waals surface area contributed by atoms with Crippen LogP contribution in [-0.4, -0.2) is 41.1 Å². The van der Waals surface area contributed by atoms with Crippen LogP contribution >= 0.6 is 0 Å². The first kappa shape index (κ1) is 18.8. The number of aryl methyl sites for hydroxylation is 1. The molecule has 0 bridgehead atoms. The van der Waals surface area contributed by atoms with Crippen molar-refractivity contribution in [3.8, 4) is 11.5 Å². The van der Waals surface area contributed by atoms with Crippen molar-refractivity contribution in [1.29, 1.82) is 0 Å². The van der Waals surface area contributed by atoms with Crippen LogP contribution in [0.25, 0.3) is 5.65 Å². The zero-order chi connectivity index (χ0) is 20.4. The van der Waals surface area contributed by atoms with Gasteiger partial charge in [0.1, 0.15) is 18.9 Å². The summed E-state index contributed by atoms with van der Waals surface area (Å²) in [4.78, 5) is 28.7. The number of fused-ring (bicyclic) bond motifs is 2. The average molecular weight is 395 g/mol. The van der Waals surface area contributed by atoms with Gasteiger partial charge in [-0.3, -0.25) is 4.79 Å². The standard InChI is InChI=1S/C21H21N3O5/c1-13-4-3-5-19-23-16(11-24(13)19)21(26)29-12-20(25)22-14(2)15-6-7-17-18(10-15)28-9-8-27-17/h3-7,10-11,14H,8-9,12H2,1-2H3,(H,22,25)/t14-/m0/s1. The number of ether oxygens (including phenoxy) is 3. The van der Waals surface area contributed by atoms with Crippen molar-refractivity contribution >= 4 is 17.5 Å². The lowest BCUT2D eigenvalue weighted by Gasteiger charge is -2.21. The first-order valence-corrected chi connectivity index (χ1v) is 9.32. The van der Waals surface area contributed by atoms with Crippen molar-refractivity contribution in [1.82, 2.24) is 14.7 Å². The summed E-state index contributed by atoms with van der Waals surface area (Å²) in [5.74, 6) is 0.300. The number of nitrogens with zero attached hydrogens (tertiary/aromatic N) is 2. The van der Waals surface area contributed by atoms with Crippen molar-refractivity contribution in [2.45, 2.75) is 19.9 Å². The van der Waals surface area contributed by atoms with Crippen LogP contribution in [0.5, 0.6) is 11.5 Å². The lowest BCUT2D eigenvalue weighted by molar-refractivity contribution is -0.124. The summed E-state index contributed by atoms with van der Waals surface area (Å²) < 4.78 is 18.0. The molecular weight excluding hydrogens is 374 g/mol. The number of pyridine rings is 1. The third-order valence-electron chi connectivity index (χ3n) is 4.68. The minimum absolute atomic E-state index is 0.159. The molecule has 0 aliphatic carbocycles. The number of nitrogens with one attached hydrogen (secondary N) is 1. The number of rotatable bonds is 5. The SMILES string of the molecule is Cc1cccc2nc(C(=O)OCC(=O)N[C@@H](C)c3ccc4c(c3)OCCO4)cn12. The first-order chi connectivity index (χ1) is 14.0. The monoisotopic (exact) mass is 395 g/mol. The molecule has 0 fully saturated rings. The number of amides is 1. The molecule has 0 saturated carbocycles. The Hall–Kier alpha value is -3.55. The molecule has 1 amide bonds. The van der Waals surface area contributed by atoms with Gasteiger partial charge in [0.2, 0.25) is 0 Å². The highest BCUT2D eigenvalue weighted by molar-refractivity contribution is 5.90. The molecule has 0 unspecified atom stereocenters. The smallest absolute Gasteiger partial charge is 0.359 e. The summed E-state index contributed by atoms with van der Waals surface area (Å²) in [6, 6.07) is 10.8. The van der Waals surface area contributed by atoms with Crippen molar-refractivity contribution < 1.29 is 23.8 Å². The molecule has 1 aromatic carbocycles. The van der Waals surface area contributed by atoms with E-state index in [1.165, 1.54) is 0 Å². The number of esters is 1. The molecule has 8 heteroatoms. The van der Waals surface area contributed by atoms with Crippen LogP contribution in [0, 0.1) is 6.92 Å². The van der Waals surface area contributed by atoms with Crippen LogP contribution in [0.2, 0.25) is 0 Å². The maximum Gasteiger partial charge on any atom is 0.359 e. The molecule has 1 atom stereocenters. The molecule has 3 aromatic rings. The Balaban J connectivity index is 1.34. The Bertz CT molecular complexity index is 1080. The number of carbonyl (C=O) groups is 2. The van der Waals surface area contributed by atoms with E-state index < -0.39 is 11.9 Å². The normalized spacial score (nSPS) is 13.7. The van der Waals surface area contributed by atoms with E-state index in [9.17, 15) is 9.59 Å². The molecule has 1 N–H and O–H groups in total. The number of aromatic nitrogens is 2. The van der Waals surface area contributed by atoms with Gasteiger partial charge in [-0.15, -0.1) is 0 Å². The molecule has 29 heavy (non-hydrogen) atoms. The Kier molecular flexibility index (Phi) is 5.07. The largest absolute Gasteiger partial charge is 0.486 e. The van der Waals surface area contributed by atoms with Gasteiger partial charge in [0.05, 0.1) is 6.04 Å². The summed E-state index contributed by atoms with van der Waals surface area (Å²) >= 11 is 0. The molecule has 1 aliphatic rings. The second-order valence-electron chi connectivity index (χ2n) is 6.79. The van der Waals surface area contributed by atoms with Gasteiger partial charge in [-0.2, -0.15) is 0 Å². The van der Waals surface area contributed by atoms with Gasteiger partial charge >= 0.3 is 5.97 Å². The summed E-state index contributed by atoms with van der Waals surface area (Å²) in [6.07, 6.45) is 1.60. The molecular formula is C21H21N3O5. The van der Waals surface area contributed by atoms with Crippen molar-refractivity contribution in [2.24, 2.45) is 0 Å². The number of hydrogen-bond acceptors (Lipinski definition) is 6. The molecule has 1 aliphatic heterocycles. The zero-order valence-corrected chi connectivity index (χ0v) is 16.2. The van der Waals surface area contributed by atoms with Crippen LogP contribution in [0.4, 0.5) is 0 Å². The molecule has 4 rings (SSSR count). The van der Waals surface area contributed by atoms with E-state index in [2.05, 4.69) is 10.3 Å². The van der Waals surface area contributed by atoms with Gasteiger partial charge < -0.3 is 23.9 Å². The number of benzene rings is 1. The van der Waals surface area contributed by atoms with Crippen molar-refractivity contribution in [3.05, 3.63) is 59.5 Å². The molecule has 2 aromatic heterocycles. The first-order valence-electron chi connectivity index (χ1n) is 9.32. The van der Waals surface area contributed by atoms with Crippen LogP contribution in [0.15, 0.2) is 42.6 Å². The summed E-state index contributed by atoms with van der Waals surface area (Å²) in [7, 11) is 0. The fourth-order valence-electron chi connectivity index (χ4n) is 3.15. The minimum Gasteiger partial charge on any atom is -0.486 e. The molecule has 150 valence electrons. The summed E-state index contributed by atoms with van der Waals surface area (Å²) in [5, 5.41) is 2.81. The molecule has 3 heterocycles. The minimum atomic E-state index is -0.643. The van der Waals surface area contributed by atoms with Gasteiger partial charge in [-0.25, -0.2) is 9.78 Å². The van der Waals surface area contributed by atoms with E-state index in [0.717, 1.165) is 11.3 Å². The maximum atomic E-state index is 12.2. The highest BCUT2D eigenvalue weighted by atomic mass is 16.6. The summed E-state index contributed by atoms with van der Waals surface area (Å²) in [6.45, 7) is 4.39. The molecule has 8 nitrogen and oxygen atoms in total. The fourth-order valence-corrected chi connectivity index (χ4v) is 3.15. The Morgan fingerprint density at radius 3 is 2.79 bits per heavy atom. The topological polar surface area (TPSA) is 91.2 Å². The van der Waals surface area contributed by atoms with Crippen molar-refractivity contribution in [3.63, 3.8) is 0 Å². The Morgan fingerprint density at radius 2 is 2.00 bits per heavy atom. The highest BCUT2D eigenvalue weighted by Gasteiger charge is 2.18. The predicted octanol–water partition coefficient (Wildman–Crippen LogP) is 2.45. The molecule has 0 radical (unpaired) electrons. The Morgan fingerprint density at radius 1 is 1.21 bits per heavy atom. The summed E-state index contributed by atoms with van der Waals surface area (Å²) in [5.41, 5.74) is 2.62. The fraction of sp³-hybridized carbons (Fsp3) is 0.286. The van der Waals surface area contributed by atoms with Gasteiger partial charge in [-0.05, 0) is 43.7 Å².